The largest absolute Gasteiger partial charge is 0.397 e. The van der Waals surface area contributed by atoms with Crippen LogP contribution in [0.2, 0.25) is 5.02 Å². The molecule has 3 N–H and O–H groups in total. The van der Waals surface area contributed by atoms with Crippen LogP contribution in [0.1, 0.15) is 0 Å². The highest BCUT2D eigenvalue weighted by atomic mass is 35.5. The molecule has 0 aliphatic rings. The van der Waals surface area contributed by atoms with Gasteiger partial charge in [0.15, 0.2) is 5.82 Å². The fraction of sp³-hybridized carbons (Fsp3) is 0. The van der Waals surface area contributed by atoms with E-state index in [1.807, 2.05) is 18.2 Å². The van der Waals surface area contributed by atoms with Crippen molar-refractivity contribution in [3.8, 4) is 0 Å². The first-order valence-electron chi connectivity index (χ1n) is 4.34. The first-order valence-corrected chi connectivity index (χ1v) is 4.72. The highest BCUT2D eigenvalue weighted by Crippen LogP contribution is 2.25. The number of nitrogens with one attached hydrogen (secondary N) is 1. The normalized spacial score (nSPS) is 9.93. The number of hydrogen-bond donors (Lipinski definition) is 2. The van der Waals surface area contributed by atoms with E-state index >= 15 is 0 Å². The molecule has 2 rings (SSSR count). The quantitative estimate of drug-likeness (QED) is 0.764. The molecule has 0 aliphatic carbocycles. The van der Waals surface area contributed by atoms with Crippen LogP contribution in [0.5, 0.6) is 0 Å². The lowest BCUT2D eigenvalue weighted by Gasteiger charge is -2.08. The topological polar surface area (TPSA) is 63.8 Å². The zero-order valence-corrected chi connectivity index (χ0v) is 8.57. The third-order valence-electron chi connectivity index (χ3n) is 1.88. The molecule has 1 aromatic heterocycles. The van der Waals surface area contributed by atoms with Gasteiger partial charge < -0.3 is 11.1 Å². The van der Waals surface area contributed by atoms with Crippen LogP contribution in [0, 0.1) is 0 Å². The van der Waals surface area contributed by atoms with Crippen LogP contribution in [0.4, 0.5) is 17.2 Å². The monoisotopic (exact) mass is 220 g/mol. The van der Waals surface area contributed by atoms with E-state index in [9.17, 15) is 0 Å². The van der Waals surface area contributed by atoms with Gasteiger partial charge in [-0.05, 0) is 12.1 Å². The van der Waals surface area contributed by atoms with Gasteiger partial charge in [-0.2, -0.15) is 0 Å². The summed E-state index contributed by atoms with van der Waals surface area (Å²) in [7, 11) is 0. The summed E-state index contributed by atoms with van der Waals surface area (Å²) in [4.78, 5) is 7.80. The van der Waals surface area contributed by atoms with Crippen LogP contribution in [0.25, 0.3) is 0 Å². The van der Waals surface area contributed by atoms with E-state index in [4.69, 9.17) is 17.3 Å². The Balaban J connectivity index is 2.30. The molecule has 4 nitrogen and oxygen atoms in total. The molecule has 0 bridgehead atoms. The standard InChI is InChI=1S/C10H9ClN4/c11-7-5-13-6-14-10(7)15-9-4-2-1-3-8(9)12/h1-6H,12H2,(H,13,14,15). The second-order valence-corrected chi connectivity index (χ2v) is 3.34. The maximum absolute atomic E-state index is 5.90. The van der Waals surface area contributed by atoms with Gasteiger partial charge in [-0.1, -0.05) is 23.7 Å². The highest BCUT2D eigenvalue weighted by molar-refractivity contribution is 6.32. The molecule has 15 heavy (non-hydrogen) atoms. The molecular weight excluding hydrogens is 212 g/mol. The van der Waals surface area contributed by atoms with Crippen LogP contribution in [-0.2, 0) is 0 Å². The number of aromatic nitrogens is 2. The molecule has 0 spiro atoms. The predicted molar refractivity (Wildman–Crippen MR) is 61.2 cm³/mol. The highest BCUT2D eigenvalue weighted by Gasteiger charge is 2.03. The van der Waals surface area contributed by atoms with E-state index in [0.717, 1.165) is 5.69 Å². The minimum absolute atomic E-state index is 0.459. The zero-order valence-electron chi connectivity index (χ0n) is 7.81. The number of rotatable bonds is 2. The summed E-state index contributed by atoms with van der Waals surface area (Å²) >= 11 is 5.90. The molecule has 1 heterocycles. The molecule has 2 aromatic rings. The molecule has 0 atom stereocenters. The molecule has 0 unspecified atom stereocenters. The predicted octanol–water partition coefficient (Wildman–Crippen LogP) is 2.46. The number of nitrogen functional groups attached to an aromatic ring is 1. The van der Waals surface area contributed by atoms with Crippen LogP contribution >= 0.6 is 11.6 Å². The summed E-state index contributed by atoms with van der Waals surface area (Å²) in [5.74, 6) is 0.546. The van der Waals surface area contributed by atoms with Crippen molar-refractivity contribution in [2.75, 3.05) is 11.1 Å². The van der Waals surface area contributed by atoms with Gasteiger partial charge in [-0.15, -0.1) is 0 Å². The van der Waals surface area contributed by atoms with Crippen molar-refractivity contribution in [2.24, 2.45) is 0 Å². The average molecular weight is 221 g/mol. The lowest BCUT2D eigenvalue weighted by molar-refractivity contribution is 1.17. The molecule has 0 radical (unpaired) electrons. The molecule has 0 fully saturated rings. The van der Waals surface area contributed by atoms with E-state index in [2.05, 4.69) is 15.3 Å². The Kier molecular flexibility index (Phi) is 2.69. The molecule has 0 saturated carbocycles. The maximum atomic E-state index is 5.90. The van der Waals surface area contributed by atoms with Crippen molar-refractivity contribution in [2.45, 2.75) is 0 Å². The Hall–Kier alpha value is -1.81. The zero-order chi connectivity index (χ0) is 10.7. The number of hydrogen-bond acceptors (Lipinski definition) is 4. The summed E-state index contributed by atoms with van der Waals surface area (Å²) in [6.45, 7) is 0. The molecule has 76 valence electrons. The molecule has 0 saturated heterocycles. The molecule has 0 aliphatic heterocycles. The number of nitrogens with two attached hydrogens (primary N) is 1. The summed E-state index contributed by atoms with van der Waals surface area (Å²) in [6, 6.07) is 7.40. The van der Waals surface area contributed by atoms with Crippen molar-refractivity contribution < 1.29 is 0 Å². The second-order valence-electron chi connectivity index (χ2n) is 2.93. The maximum Gasteiger partial charge on any atom is 0.152 e. The molecular formula is C10H9ClN4. The fourth-order valence-corrected chi connectivity index (χ4v) is 1.30. The molecule has 1 aromatic carbocycles. The van der Waals surface area contributed by atoms with E-state index in [1.54, 1.807) is 6.07 Å². The fourth-order valence-electron chi connectivity index (χ4n) is 1.14. The van der Waals surface area contributed by atoms with Crippen LogP contribution in [0.15, 0.2) is 36.8 Å². The number of para-hydroxylation sites is 2. The third kappa shape index (κ3) is 2.16. The van der Waals surface area contributed by atoms with Gasteiger partial charge in [0.25, 0.3) is 0 Å². The Bertz CT molecular complexity index is 429. The van der Waals surface area contributed by atoms with Gasteiger partial charge >= 0.3 is 0 Å². The van der Waals surface area contributed by atoms with Crippen molar-refractivity contribution in [1.29, 1.82) is 0 Å². The van der Waals surface area contributed by atoms with Gasteiger partial charge in [0.2, 0.25) is 0 Å². The van der Waals surface area contributed by atoms with E-state index < -0.39 is 0 Å². The van der Waals surface area contributed by atoms with Crippen molar-refractivity contribution in [3.05, 3.63) is 41.8 Å². The minimum Gasteiger partial charge on any atom is -0.397 e. The SMILES string of the molecule is Nc1ccccc1Nc1ncncc1Cl. The Morgan fingerprint density at radius 2 is 2.07 bits per heavy atom. The number of nitrogens with zero attached hydrogens (tertiary/aromatic N) is 2. The second kappa shape index (κ2) is 4.14. The summed E-state index contributed by atoms with van der Waals surface area (Å²) < 4.78 is 0. The average Bonchev–Trinajstić information content (AvgIpc) is 2.24. The van der Waals surface area contributed by atoms with E-state index in [1.165, 1.54) is 12.5 Å². The Labute approximate surface area is 92.1 Å². The lowest BCUT2D eigenvalue weighted by Crippen LogP contribution is -1.98. The number of halogens is 1. The van der Waals surface area contributed by atoms with Crippen molar-refractivity contribution >= 4 is 28.8 Å². The Morgan fingerprint density at radius 3 is 2.80 bits per heavy atom. The third-order valence-corrected chi connectivity index (χ3v) is 2.16. The smallest absolute Gasteiger partial charge is 0.152 e. The Morgan fingerprint density at radius 1 is 1.27 bits per heavy atom. The lowest BCUT2D eigenvalue weighted by atomic mass is 10.3. The number of anilines is 3. The minimum atomic E-state index is 0.459. The van der Waals surface area contributed by atoms with Gasteiger partial charge in [0.1, 0.15) is 11.3 Å². The van der Waals surface area contributed by atoms with Crippen molar-refractivity contribution in [1.82, 2.24) is 9.97 Å². The van der Waals surface area contributed by atoms with Crippen molar-refractivity contribution in [3.63, 3.8) is 0 Å². The van der Waals surface area contributed by atoms with Crippen LogP contribution in [-0.4, -0.2) is 9.97 Å². The van der Waals surface area contributed by atoms with Crippen LogP contribution < -0.4 is 11.1 Å². The first kappa shape index (κ1) is 9.73. The van der Waals surface area contributed by atoms with Gasteiger partial charge in [0, 0.05) is 0 Å². The first-order chi connectivity index (χ1) is 7.27. The van der Waals surface area contributed by atoms with Crippen LogP contribution in [0.3, 0.4) is 0 Å². The van der Waals surface area contributed by atoms with E-state index in [0.29, 0.717) is 16.5 Å². The van der Waals surface area contributed by atoms with Gasteiger partial charge in [-0.3, -0.25) is 0 Å². The van der Waals surface area contributed by atoms with Gasteiger partial charge in [0.05, 0.1) is 17.6 Å². The molecule has 5 heteroatoms. The van der Waals surface area contributed by atoms with E-state index in [-0.39, 0.29) is 0 Å². The summed E-state index contributed by atoms with van der Waals surface area (Å²) in [5, 5.41) is 3.49. The summed E-state index contributed by atoms with van der Waals surface area (Å²) in [5.41, 5.74) is 7.19. The summed E-state index contributed by atoms with van der Waals surface area (Å²) in [6.07, 6.45) is 2.95. The molecule has 0 amide bonds. The number of benzene rings is 1. The van der Waals surface area contributed by atoms with Gasteiger partial charge in [-0.25, -0.2) is 9.97 Å².